The third kappa shape index (κ3) is 4.68. The van der Waals surface area contributed by atoms with E-state index in [0.29, 0.717) is 19.3 Å². The molecule has 1 aromatic carbocycles. The Balaban J connectivity index is 1.89. The first kappa shape index (κ1) is 22.3. The van der Waals surface area contributed by atoms with Gasteiger partial charge in [0.05, 0.1) is 12.7 Å². The molecule has 2 aliphatic heterocycles. The van der Waals surface area contributed by atoms with Gasteiger partial charge in [0.2, 0.25) is 0 Å². The normalized spacial score (nSPS) is 27.3. The van der Waals surface area contributed by atoms with Crippen molar-refractivity contribution in [2.24, 2.45) is 0 Å². The van der Waals surface area contributed by atoms with Crippen LogP contribution in [-0.2, 0) is 30.1 Å². The summed E-state index contributed by atoms with van der Waals surface area (Å²) in [4.78, 5) is 12.5. The van der Waals surface area contributed by atoms with Crippen LogP contribution in [0.1, 0.15) is 39.2 Å². The molecule has 29 heavy (non-hydrogen) atoms. The molecule has 0 spiro atoms. The number of cyclic esters (lactones) is 1. The van der Waals surface area contributed by atoms with Gasteiger partial charge in [-0.1, -0.05) is 51.1 Å². The van der Waals surface area contributed by atoms with E-state index in [4.69, 9.17) is 13.3 Å². The lowest BCUT2D eigenvalue weighted by atomic mass is 9.97. The molecule has 162 valence electrons. The van der Waals surface area contributed by atoms with E-state index in [1.165, 1.54) is 0 Å². The second-order valence-corrected chi connectivity index (χ2v) is 15.5. The van der Waals surface area contributed by atoms with Crippen LogP contribution in [0.3, 0.4) is 0 Å². The SMILES string of the molecule is CC(C)(C)[Si](C)(C)O[C@@H]1CCOS(=O)(=O)N2C(=O)O[C@@H](CCc3ccccc3)[C@H]12. The molecule has 1 aromatic rings. The monoisotopic (exact) mass is 441 g/mol. The van der Waals surface area contributed by atoms with Gasteiger partial charge in [0, 0.05) is 0 Å². The van der Waals surface area contributed by atoms with E-state index < -0.39 is 43.0 Å². The molecule has 2 heterocycles. The zero-order valence-electron chi connectivity index (χ0n) is 17.8. The smallest absolute Gasteiger partial charge is 0.426 e. The van der Waals surface area contributed by atoms with Crippen molar-refractivity contribution in [2.45, 2.75) is 76.4 Å². The molecule has 0 unspecified atom stereocenters. The Labute approximate surface area is 174 Å². The Morgan fingerprint density at radius 3 is 2.48 bits per heavy atom. The van der Waals surface area contributed by atoms with Gasteiger partial charge in [0.25, 0.3) is 0 Å². The Morgan fingerprint density at radius 1 is 1.21 bits per heavy atom. The number of rotatable bonds is 5. The lowest BCUT2D eigenvalue weighted by molar-refractivity contribution is 0.0666. The summed E-state index contributed by atoms with van der Waals surface area (Å²) in [5, 5.41) is -0.0487. The van der Waals surface area contributed by atoms with E-state index in [1.807, 2.05) is 30.3 Å². The summed E-state index contributed by atoms with van der Waals surface area (Å²) in [5.74, 6) is 0. The van der Waals surface area contributed by atoms with Crippen molar-refractivity contribution in [2.75, 3.05) is 6.61 Å². The Hall–Kier alpha value is -1.42. The van der Waals surface area contributed by atoms with Crippen LogP contribution in [0.4, 0.5) is 4.79 Å². The second-order valence-electron chi connectivity index (χ2n) is 9.22. The number of aryl methyl sites for hydroxylation is 1. The number of amides is 1. The van der Waals surface area contributed by atoms with Crippen molar-refractivity contribution in [1.29, 1.82) is 0 Å². The highest BCUT2D eigenvalue weighted by atomic mass is 32.2. The number of benzene rings is 1. The van der Waals surface area contributed by atoms with Crippen LogP contribution in [0.2, 0.25) is 18.1 Å². The molecule has 3 atom stereocenters. The summed E-state index contributed by atoms with van der Waals surface area (Å²) in [6, 6.07) is 9.15. The number of ether oxygens (including phenoxy) is 1. The molecular weight excluding hydrogens is 410 g/mol. The highest BCUT2D eigenvalue weighted by molar-refractivity contribution is 7.84. The molecule has 3 rings (SSSR count). The number of hydrogen-bond acceptors (Lipinski definition) is 6. The third-order valence-electron chi connectivity index (χ3n) is 6.15. The topological polar surface area (TPSA) is 82.1 Å². The van der Waals surface area contributed by atoms with Crippen molar-refractivity contribution in [3.63, 3.8) is 0 Å². The van der Waals surface area contributed by atoms with Crippen LogP contribution in [0, 0.1) is 0 Å². The highest BCUT2D eigenvalue weighted by Crippen LogP contribution is 2.41. The maximum absolute atomic E-state index is 12.6. The third-order valence-corrected chi connectivity index (χ3v) is 12.0. The summed E-state index contributed by atoms with van der Waals surface area (Å²) < 4.78 is 43.1. The van der Waals surface area contributed by atoms with Gasteiger partial charge in [-0.15, -0.1) is 0 Å². The summed E-state index contributed by atoms with van der Waals surface area (Å²) in [7, 11) is -6.39. The summed E-state index contributed by atoms with van der Waals surface area (Å²) >= 11 is 0. The Kier molecular flexibility index (Phi) is 6.15. The average molecular weight is 442 g/mol. The van der Waals surface area contributed by atoms with Crippen molar-refractivity contribution in [3.05, 3.63) is 35.9 Å². The first-order valence-corrected chi connectivity index (χ1v) is 14.3. The molecule has 7 nitrogen and oxygen atoms in total. The summed E-state index contributed by atoms with van der Waals surface area (Å²) in [6.45, 7) is 10.6. The van der Waals surface area contributed by atoms with E-state index in [1.54, 1.807) is 0 Å². The molecule has 0 radical (unpaired) electrons. The van der Waals surface area contributed by atoms with Gasteiger partial charge in [0.1, 0.15) is 12.1 Å². The van der Waals surface area contributed by atoms with Gasteiger partial charge < -0.3 is 9.16 Å². The predicted octanol–water partition coefficient (Wildman–Crippen LogP) is 3.86. The van der Waals surface area contributed by atoms with Crippen molar-refractivity contribution < 1.29 is 26.6 Å². The van der Waals surface area contributed by atoms with Gasteiger partial charge in [0.15, 0.2) is 8.32 Å². The summed E-state index contributed by atoms with van der Waals surface area (Å²) in [5.41, 5.74) is 1.11. The molecule has 9 heteroatoms. The number of carbonyl (C=O) groups is 1. The summed E-state index contributed by atoms with van der Waals surface area (Å²) in [6.07, 6.45) is -0.320. The quantitative estimate of drug-likeness (QED) is 0.645. The zero-order valence-corrected chi connectivity index (χ0v) is 19.6. The number of hydrogen-bond donors (Lipinski definition) is 0. The Morgan fingerprint density at radius 2 is 1.86 bits per heavy atom. The van der Waals surface area contributed by atoms with Crippen molar-refractivity contribution in [1.82, 2.24) is 4.31 Å². The van der Waals surface area contributed by atoms with E-state index >= 15 is 0 Å². The molecular formula is C20H31NO6SSi. The molecule has 2 saturated heterocycles. The van der Waals surface area contributed by atoms with Crippen molar-refractivity contribution in [3.8, 4) is 0 Å². The lowest BCUT2D eigenvalue weighted by Gasteiger charge is -2.41. The van der Waals surface area contributed by atoms with E-state index in [-0.39, 0.29) is 11.6 Å². The first-order chi connectivity index (χ1) is 13.4. The van der Waals surface area contributed by atoms with Crippen LogP contribution < -0.4 is 0 Å². The largest absolute Gasteiger partial charge is 0.443 e. The van der Waals surface area contributed by atoms with Gasteiger partial charge in [-0.3, -0.25) is 4.18 Å². The van der Waals surface area contributed by atoms with Crippen molar-refractivity contribution >= 4 is 24.7 Å². The van der Waals surface area contributed by atoms with Crippen LogP contribution in [-0.4, -0.2) is 52.0 Å². The van der Waals surface area contributed by atoms with Gasteiger partial charge >= 0.3 is 16.4 Å². The minimum atomic E-state index is -4.19. The standard InChI is InChI=1S/C20H31NO6SSi/c1-20(2,3)29(4,5)27-17-13-14-25-28(23,24)21-18(17)16(26-19(21)22)12-11-15-9-7-6-8-10-15/h6-10,16-18H,11-14H2,1-5H3/t16-,17+,18+/m0/s1. The minimum Gasteiger partial charge on any atom is -0.443 e. The van der Waals surface area contributed by atoms with Gasteiger partial charge in [-0.25, -0.2) is 4.79 Å². The van der Waals surface area contributed by atoms with E-state index in [9.17, 15) is 13.2 Å². The van der Waals surface area contributed by atoms with E-state index in [2.05, 4.69) is 33.9 Å². The molecule has 2 fully saturated rings. The molecule has 0 saturated carbocycles. The zero-order chi connectivity index (χ0) is 21.4. The number of fused-ring (bicyclic) bond motifs is 1. The fraction of sp³-hybridized carbons (Fsp3) is 0.650. The molecule has 0 N–H and O–H groups in total. The maximum atomic E-state index is 12.6. The van der Waals surface area contributed by atoms with E-state index in [0.717, 1.165) is 9.87 Å². The van der Waals surface area contributed by atoms with Gasteiger partial charge in [-0.2, -0.15) is 12.7 Å². The first-order valence-electron chi connectivity index (χ1n) is 10.0. The molecule has 0 aromatic heterocycles. The molecule has 1 amide bonds. The number of carbonyl (C=O) groups excluding carboxylic acids is 1. The lowest BCUT2D eigenvalue weighted by Crippen LogP contribution is -2.53. The molecule has 0 aliphatic carbocycles. The number of nitrogens with zero attached hydrogens (tertiary/aromatic N) is 1. The van der Waals surface area contributed by atoms with Gasteiger partial charge in [-0.05, 0) is 43.0 Å². The fourth-order valence-corrected chi connectivity index (χ4v) is 6.10. The maximum Gasteiger partial charge on any atom is 0.426 e. The predicted molar refractivity (Wildman–Crippen MR) is 112 cm³/mol. The second kappa shape index (κ2) is 8.01. The van der Waals surface area contributed by atoms with Crippen LogP contribution in [0.5, 0.6) is 0 Å². The molecule has 0 bridgehead atoms. The highest BCUT2D eigenvalue weighted by Gasteiger charge is 2.55. The Bertz CT molecular complexity index is 836. The van der Waals surface area contributed by atoms with Crippen LogP contribution in [0.15, 0.2) is 30.3 Å². The average Bonchev–Trinajstić information content (AvgIpc) is 2.89. The fourth-order valence-electron chi connectivity index (χ4n) is 3.52. The van der Waals surface area contributed by atoms with Crippen LogP contribution in [0.25, 0.3) is 0 Å². The van der Waals surface area contributed by atoms with Crippen LogP contribution >= 0.6 is 0 Å². The minimum absolute atomic E-state index is 0.00664. The molecule has 2 aliphatic rings.